The fraction of sp³-hybridized carbons (Fsp3) is 0. The quantitative estimate of drug-likeness (QED) is 0.163. The molecule has 0 saturated heterocycles. The number of para-hydroxylation sites is 3. The molecule has 268 valence electrons. The Morgan fingerprint density at radius 1 is 0.386 bits per heavy atom. The van der Waals surface area contributed by atoms with E-state index >= 15 is 0 Å². The van der Waals surface area contributed by atoms with Gasteiger partial charge in [-0.25, -0.2) is 15.0 Å². The monoisotopic (exact) mass is 731 g/mol. The second-order valence-corrected chi connectivity index (χ2v) is 14.1. The minimum absolute atomic E-state index is 0.592. The van der Waals surface area contributed by atoms with E-state index < -0.39 is 0 Å². The zero-order valence-electron chi connectivity index (χ0n) is 30.7. The van der Waals surface area contributed by atoms with Crippen LogP contribution in [-0.4, -0.2) is 19.5 Å². The minimum Gasteiger partial charge on any atom is -0.456 e. The van der Waals surface area contributed by atoms with E-state index in [2.05, 4.69) is 131 Å². The number of hydrogen-bond acceptors (Lipinski definition) is 5. The fourth-order valence-corrected chi connectivity index (χ4v) is 8.04. The van der Waals surface area contributed by atoms with Crippen molar-refractivity contribution in [2.45, 2.75) is 0 Å². The van der Waals surface area contributed by atoms with Gasteiger partial charge >= 0.3 is 0 Å². The Bertz CT molecular complexity index is 3120. The molecule has 0 bridgehead atoms. The van der Waals surface area contributed by atoms with Crippen molar-refractivity contribution >= 4 is 60.8 Å². The molecule has 0 radical (unpaired) electrons. The molecule has 0 aliphatic rings. The van der Waals surface area contributed by atoms with Crippen LogP contribution in [0.3, 0.4) is 0 Å². The third-order valence-electron chi connectivity index (χ3n) is 10.6. The number of rotatable bonds is 7. The van der Waals surface area contributed by atoms with Crippen molar-refractivity contribution in [3.05, 3.63) is 200 Å². The van der Waals surface area contributed by atoms with Gasteiger partial charge < -0.3 is 13.9 Å². The van der Waals surface area contributed by atoms with Gasteiger partial charge in [-0.15, -0.1) is 0 Å². The van der Waals surface area contributed by atoms with E-state index in [9.17, 15) is 0 Å². The van der Waals surface area contributed by atoms with E-state index in [0.29, 0.717) is 17.5 Å². The molecule has 3 heterocycles. The fourth-order valence-electron chi connectivity index (χ4n) is 8.04. The average Bonchev–Trinajstić information content (AvgIpc) is 3.83. The van der Waals surface area contributed by atoms with Gasteiger partial charge in [0.2, 0.25) is 0 Å². The van der Waals surface area contributed by atoms with E-state index in [0.717, 1.165) is 61.4 Å². The SMILES string of the molecule is c1ccc(-c2nc(-c3ccccc3)nc(-c3cccc4oc5cc(N(c6ccccc6)c6ccc(-n7c8ccccc8c8ccccc87)cc6)ccc5c34)n2)cc1. The summed E-state index contributed by atoms with van der Waals surface area (Å²) in [5.41, 5.74) is 10.8. The summed E-state index contributed by atoms with van der Waals surface area (Å²) in [5.74, 6) is 1.83. The lowest BCUT2D eigenvalue weighted by Crippen LogP contribution is -2.09. The molecule has 0 amide bonds. The van der Waals surface area contributed by atoms with E-state index in [-0.39, 0.29) is 0 Å². The Labute approximate surface area is 328 Å². The maximum absolute atomic E-state index is 6.66. The van der Waals surface area contributed by atoms with Crippen molar-refractivity contribution in [1.82, 2.24) is 19.5 Å². The number of benzene rings is 8. The number of fused-ring (bicyclic) bond motifs is 6. The molecule has 11 aromatic rings. The Morgan fingerprint density at radius 3 is 1.54 bits per heavy atom. The topological polar surface area (TPSA) is 60.0 Å². The lowest BCUT2D eigenvalue weighted by Gasteiger charge is -2.25. The van der Waals surface area contributed by atoms with Crippen molar-refractivity contribution in [3.63, 3.8) is 0 Å². The van der Waals surface area contributed by atoms with Gasteiger partial charge in [-0.05, 0) is 66.7 Å². The van der Waals surface area contributed by atoms with Crippen LogP contribution >= 0.6 is 0 Å². The molecule has 11 rings (SSSR count). The van der Waals surface area contributed by atoms with Gasteiger partial charge in [0.25, 0.3) is 0 Å². The molecule has 0 atom stereocenters. The molecule has 0 fully saturated rings. The van der Waals surface area contributed by atoms with Crippen LogP contribution in [0.25, 0.3) is 83.6 Å². The summed E-state index contributed by atoms with van der Waals surface area (Å²) in [6.45, 7) is 0. The first-order chi connectivity index (χ1) is 28.3. The molecule has 0 N–H and O–H groups in total. The molecule has 6 nitrogen and oxygen atoms in total. The van der Waals surface area contributed by atoms with E-state index in [1.807, 2.05) is 78.9 Å². The van der Waals surface area contributed by atoms with Gasteiger partial charge in [-0.3, -0.25) is 0 Å². The molecule has 3 aromatic heterocycles. The Morgan fingerprint density at radius 2 is 0.912 bits per heavy atom. The van der Waals surface area contributed by atoms with Crippen molar-refractivity contribution in [2.24, 2.45) is 0 Å². The Hall–Kier alpha value is -7.83. The van der Waals surface area contributed by atoms with Gasteiger partial charge in [0.05, 0.1) is 11.0 Å². The average molecular weight is 732 g/mol. The molecule has 0 unspecified atom stereocenters. The third-order valence-corrected chi connectivity index (χ3v) is 10.6. The second-order valence-electron chi connectivity index (χ2n) is 14.1. The molecule has 0 aliphatic heterocycles. The number of furan rings is 1. The van der Waals surface area contributed by atoms with Gasteiger partial charge in [-0.1, -0.05) is 127 Å². The first-order valence-electron chi connectivity index (χ1n) is 19.0. The van der Waals surface area contributed by atoms with Crippen molar-refractivity contribution < 1.29 is 4.42 Å². The van der Waals surface area contributed by atoms with Gasteiger partial charge in [-0.2, -0.15) is 0 Å². The first-order valence-corrected chi connectivity index (χ1v) is 19.0. The van der Waals surface area contributed by atoms with E-state index in [1.54, 1.807) is 0 Å². The molecule has 57 heavy (non-hydrogen) atoms. The molecule has 0 aliphatic carbocycles. The lowest BCUT2D eigenvalue weighted by atomic mass is 10.0. The summed E-state index contributed by atoms with van der Waals surface area (Å²) in [5, 5.41) is 4.44. The Kier molecular flexibility index (Phi) is 7.71. The van der Waals surface area contributed by atoms with Gasteiger partial charge in [0.1, 0.15) is 11.2 Å². The van der Waals surface area contributed by atoms with Crippen LogP contribution in [0.2, 0.25) is 0 Å². The van der Waals surface area contributed by atoms with Crippen LogP contribution in [0.15, 0.2) is 205 Å². The number of nitrogens with zero attached hydrogens (tertiary/aromatic N) is 5. The van der Waals surface area contributed by atoms with Crippen molar-refractivity contribution in [3.8, 4) is 39.9 Å². The van der Waals surface area contributed by atoms with Crippen LogP contribution < -0.4 is 4.90 Å². The maximum Gasteiger partial charge on any atom is 0.164 e. The highest BCUT2D eigenvalue weighted by Gasteiger charge is 2.20. The smallest absolute Gasteiger partial charge is 0.164 e. The summed E-state index contributed by atoms with van der Waals surface area (Å²) in [6, 6.07) is 69.1. The summed E-state index contributed by atoms with van der Waals surface area (Å²) < 4.78 is 9.00. The summed E-state index contributed by atoms with van der Waals surface area (Å²) in [4.78, 5) is 17.3. The van der Waals surface area contributed by atoms with Crippen LogP contribution in [0.4, 0.5) is 17.1 Å². The van der Waals surface area contributed by atoms with Crippen LogP contribution in [0.1, 0.15) is 0 Å². The second kappa shape index (κ2) is 13.5. The van der Waals surface area contributed by atoms with Crippen LogP contribution in [0.5, 0.6) is 0 Å². The van der Waals surface area contributed by atoms with E-state index in [4.69, 9.17) is 19.4 Å². The molecule has 0 spiro atoms. The number of hydrogen-bond donors (Lipinski definition) is 0. The van der Waals surface area contributed by atoms with Gasteiger partial charge in [0.15, 0.2) is 17.5 Å². The Balaban J connectivity index is 1.03. The van der Waals surface area contributed by atoms with E-state index in [1.165, 1.54) is 21.8 Å². The molecular formula is C51H33N5O. The minimum atomic E-state index is 0.592. The highest BCUT2D eigenvalue weighted by atomic mass is 16.3. The largest absolute Gasteiger partial charge is 0.456 e. The zero-order chi connectivity index (χ0) is 37.7. The predicted octanol–water partition coefficient (Wildman–Crippen LogP) is 13.3. The zero-order valence-corrected chi connectivity index (χ0v) is 30.7. The summed E-state index contributed by atoms with van der Waals surface area (Å²) in [7, 11) is 0. The summed E-state index contributed by atoms with van der Waals surface area (Å²) >= 11 is 0. The molecule has 0 saturated carbocycles. The van der Waals surface area contributed by atoms with Crippen molar-refractivity contribution in [2.75, 3.05) is 4.90 Å². The molecule has 8 aromatic carbocycles. The molecule has 6 heteroatoms. The lowest BCUT2D eigenvalue weighted by molar-refractivity contribution is 0.669. The van der Waals surface area contributed by atoms with Gasteiger partial charge in [0, 0.05) is 67.1 Å². The highest BCUT2D eigenvalue weighted by molar-refractivity contribution is 6.13. The first kappa shape index (κ1) is 32.6. The van der Waals surface area contributed by atoms with Crippen LogP contribution in [0, 0.1) is 0 Å². The summed E-state index contributed by atoms with van der Waals surface area (Å²) in [6.07, 6.45) is 0. The number of aromatic nitrogens is 4. The maximum atomic E-state index is 6.66. The third kappa shape index (κ3) is 5.62. The highest BCUT2D eigenvalue weighted by Crippen LogP contribution is 2.42. The standard InChI is InChI=1S/C51H33N5O/c1-4-15-34(16-5-1)49-52-50(35-17-6-2-7-18-35)54-51(53-49)43-23-14-26-46-48(43)42-32-31-39(33-47(42)57-46)55(36-19-8-3-9-20-36)37-27-29-38(30-28-37)56-44-24-12-10-21-40(44)41-22-11-13-25-45(41)56/h1-33H. The number of anilines is 3. The predicted molar refractivity (Wildman–Crippen MR) is 232 cm³/mol. The van der Waals surface area contributed by atoms with Crippen LogP contribution in [-0.2, 0) is 0 Å². The normalized spacial score (nSPS) is 11.5. The van der Waals surface area contributed by atoms with Crippen molar-refractivity contribution in [1.29, 1.82) is 0 Å². The molecular weight excluding hydrogens is 699 g/mol.